The predicted octanol–water partition coefficient (Wildman–Crippen LogP) is 3.38. The second-order valence-corrected chi connectivity index (χ2v) is 6.25. The number of nitrogens with one attached hydrogen (secondary N) is 1. The highest BCUT2D eigenvalue weighted by molar-refractivity contribution is 5.85. The molecule has 4 rings (SSSR count). The molecule has 116 valence electrons. The van der Waals surface area contributed by atoms with E-state index in [-0.39, 0.29) is 29.8 Å². The smallest absolute Gasteiger partial charge is 0.157 e. The number of hydrogen-bond donors (Lipinski definition) is 3. The predicted molar refractivity (Wildman–Crippen MR) is 89.0 cm³/mol. The average Bonchev–Trinajstić information content (AvgIpc) is 2.48. The van der Waals surface area contributed by atoms with Crippen LogP contribution in [0.5, 0.6) is 11.5 Å². The van der Waals surface area contributed by atoms with Crippen molar-refractivity contribution in [1.29, 1.82) is 0 Å². The molecule has 0 amide bonds. The summed E-state index contributed by atoms with van der Waals surface area (Å²) in [5.74, 6) is 0.235. The van der Waals surface area contributed by atoms with Crippen molar-refractivity contribution in [2.75, 3.05) is 0 Å². The van der Waals surface area contributed by atoms with Crippen LogP contribution in [-0.4, -0.2) is 16.3 Å². The fourth-order valence-electron chi connectivity index (χ4n) is 3.85. The number of rotatable bonds is 0. The normalized spacial score (nSPS) is 22.0. The molecule has 0 unspecified atom stereocenters. The van der Waals surface area contributed by atoms with Crippen LogP contribution >= 0.6 is 12.4 Å². The molecule has 2 aliphatic rings. The Morgan fingerprint density at radius 1 is 1.00 bits per heavy atom. The molecule has 4 heteroatoms. The first kappa shape index (κ1) is 15.2. The first-order valence-corrected chi connectivity index (χ1v) is 7.51. The maximum absolute atomic E-state index is 9.90. The summed E-state index contributed by atoms with van der Waals surface area (Å²) in [5.41, 5.74) is 6.28. The van der Waals surface area contributed by atoms with Crippen molar-refractivity contribution >= 4 is 12.4 Å². The molecule has 3 N–H and O–H groups in total. The van der Waals surface area contributed by atoms with Crippen molar-refractivity contribution in [1.82, 2.24) is 5.32 Å². The summed E-state index contributed by atoms with van der Waals surface area (Å²) in [4.78, 5) is 0. The van der Waals surface area contributed by atoms with Crippen molar-refractivity contribution < 1.29 is 10.2 Å². The van der Waals surface area contributed by atoms with E-state index in [0.29, 0.717) is 6.04 Å². The molecular formula is C18H20ClNO2. The largest absolute Gasteiger partial charge is 0.504 e. The van der Waals surface area contributed by atoms with Crippen LogP contribution in [0.3, 0.4) is 0 Å². The molecular weight excluding hydrogens is 298 g/mol. The summed E-state index contributed by atoms with van der Waals surface area (Å²) in [6.07, 6.45) is 2.01. The number of benzene rings is 2. The van der Waals surface area contributed by atoms with Gasteiger partial charge in [-0.25, -0.2) is 0 Å². The van der Waals surface area contributed by atoms with E-state index in [1.807, 2.05) is 0 Å². The first-order chi connectivity index (χ1) is 10.1. The third-order valence-electron chi connectivity index (χ3n) is 4.89. The Balaban J connectivity index is 0.00000144. The molecule has 2 atom stereocenters. The number of phenols is 2. The average molecular weight is 318 g/mol. The van der Waals surface area contributed by atoms with E-state index >= 15 is 0 Å². The van der Waals surface area contributed by atoms with Gasteiger partial charge in [-0.2, -0.15) is 0 Å². The van der Waals surface area contributed by atoms with Crippen molar-refractivity contribution in [3.8, 4) is 11.5 Å². The van der Waals surface area contributed by atoms with Crippen molar-refractivity contribution in [3.63, 3.8) is 0 Å². The second-order valence-electron chi connectivity index (χ2n) is 6.25. The number of halogens is 1. The Morgan fingerprint density at radius 3 is 2.55 bits per heavy atom. The molecule has 1 heterocycles. The molecule has 0 saturated carbocycles. The third-order valence-corrected chi connectivity index (χ3v) is 4.89. The van der Waals surface area contributed by atoms with Gasteiger partial charge in [0, 0.05) is 18.5 Å². The number of aromatic hydroxyl groups is 2. The zero-order valence-electron chi connectivity index (χ0n) is 12.5. The van der Waals surface area contributed by atoms with E-state index in [4.69, 9.17) is 0 Å². The van der Waals surface area contributed by atoms with Gasteiger partial charge in [-0.3, -0.25) is 0 Å². The third kappa shape index (κ3) is 2.25. The van der Waals surface area contributed by atoms with Crippen molar-refractivity contribution in [3.05, 3.63) is 58.1 Å². The number of hydrogen-bond acceptors (Lipinski definition) is 3. The summed E-state index contributed by atoms with van der Waals surface area (Å²) >= 11 is 0. The molecule has 22 heavy (non-hydrogen) atoms. The molecule has 1 aliphatic heterocycles. The molecule has 2 aromatic rings. The minimum Gasteiger partial charge on any atom is -0.504 e. The molecule has 0 fully saturated rings. The van der Waals surface area contributed by atoms with Gasteiger partial charge in [0.25, 0.3) is 0 Å². The summed E-state index contributed by atoms with van der Waals surface area (Å²) in [6.45, 7) is 3.03. The fraction of sp³-hybridized carbons (Fsp3) is 0.333. The Labute approximate surface area is 136 Å². The van der Waals surface area contributed by atoms with Crippen LogP contribution in [0.4, 0.5) is 0 Å². The molecule has 0 spiro atoms. The Bertz CT molecular complexity index is 729. The van der Waals surface area contributed by atoms with E-state index in [1.165, 1.54) is 16.7 Å². The second kappa shape index (κ2) is 5.49. The van der Waals surface area contributed by atoms with E-state index in [1.54, 1.807) is 12.1 Å². The van der Waals surface area contributed by atoms with Crippen LogP contribution in [0.1, 0.15) is 40.2 Å². The van der Waals surface area contributed by atoms with Gasteiger partial charge in [0.2, 0.25) is 0 Å². The zero-order chi connectivity index (χ0) is 14.6. The Hall–Kier alpha value is -1.71. The standard InChI is InChI=1S/C18H19NO2.ClH/c1-10-2-3-12-9-19-15-5-4-11-7-16(20)17(21)8-14(11)18(15)13(12)6-10;/h2-3,6-8,15,18-21H,4-5,9H2,1H3;1H/t15-,18-;/m0./s1. The summed E-state index contributed by atoms with van der Waals surface area (Å²) < 4.78 is 0. The lowest BCUT2D eigenvalue weighted by Crippen LogP contribution is -2.42. The molecule has 2 aromatic carbocycles. The van der Waals surface area contributed by atoms with Crippen LogP contribution in [0.25, 0.3) is 0 Å². The minimum absolute atomic E-state index is 0. The molecule has 0 saturated heterocycles. The lowest BCUT2D eigenvalue weighted by molar-refractivity contribution is 0.380. The SMILES string of the molecule is Cc1ccc2c(c1)[C@H]1c3cc(O)c(O)cc3CC[C@@H]1NC2.Cl. The number of fused-ring (bicyclic) bond motifs is 5. The summed E-state index contributed by atoms with van der Waals surface area (Å²) in [6, 6.07) is 10.5. The Kier molecular flexibility index (Phi) is 3.79. The quantitative estimate of drug-likeness (QED) is 0.653. The molecule has 1 aliphatic carbocycles. The lowest BCUT2D eigenvalue weighted by atomic mass is 9.72. The van der Waals surface area contributed by atoms with Crippen LogP contribution in [0, 0.1) is 6.92 Å². The van der Waals surface area contributed by atoms with E-state index in [9.17, 15) is 10.2 Å². The van der Waals surface area contributed by atoms with Crippen LogP contribution in [-0.2, 0) is 13.0 Å². The highest BCUT2D eigenvalue weighted by Crippen LogP contribution is 2.44. The first-order valence-electron chi connectivity index (χ1n) is 7.51. The number of aryl methyl sites for hydroxylation is 2. The molecule has 3 nitrogen and oxygen atoms in total. The summed E-state index contributed by atoms with van der Waals surface area (Å²) in [7, 11) is 0. The van der Waals surface area contributed by atoms with Crippen LogP contribution in [0.2, 0.25) is 0 Å². The molecule has 0 aromatic heterocycles. The van der Waals surface area contributed by atoms with Gasteiger partial charge in [0.15, 0.2) is 11.5 Å². The Morgan fingerprint density at radius 2 is 1.73 bits per heavy atom. The maximum atomic E-state index is 9.90. The molecule has 0 bridgehead atoms. The van der Waals surface area contributed by atoms with Gasteiger partial charge in [-0.15, -0.1) is 12.4 Å². The monoisotopic (exact) mass is 317 g/mol. The summed E-state index contributed by atoms with van der Waals surface area (Å²) in [5, 5.41) is 23.3. The minimum atomic E-state index is -0.0193. The van der Waals surface area contributed by atoms with E-state index in [2.05, 4.69) is 30.4 Å². The molecule has 0 radical (unpaired) electrons. The zero-order valence-corrected chi connectivity index (χ0v) is 13.3. The number of phenolic OH excluding ortho intramolecular Hbond substituents is 2. The van der Waals surface area contributed by atoms with Gasteiger partial charge >= 0.3 is 0 Å². The highest BCUT2D eigenvalue weighted by Gasteiger charge is 2.35. The van der Waals surface area contributed by atoms with Crippen molar-refractivity contribution in [2.24, 2.45) is 0 Å². The van der Waals surface area contributed by atoms with Gasteiger partial charge in [-0.1, -0.05) is 23.8 Å². The van der Waals surface area contributed by atoms with Crippen LogP contribution < -0.4 is 5.32 Å². The maximum Gasteiger partial charge on any atom is 0.157 e. The fourth-order valence-corrected chi connectivity index (χ4v) is 3.85. The van der Waals surface area contributed by atoms with E-state index in [0.717, 1.165) is 30.5 Å². The van der Waals surface area contributed by atoms with Gasteiger partial charge in [0.1, 0.15) is 0 Å². The van der Waals surface area contributed by atoms with Gasteiger partial charge in [0.05, 0.1) is 0 Å². The lowest BCUT2D eigenvalue weighted by Gasteiger charge is -2.39. The van der Waals surface area contributed by atoms with E-state index < -0.39 is 0 Å². The van der Waals surface area contributed by atoms with Gasteiger partial charge in [-0.05, 0) is 54.2 Å². The van der Waals surface area contributed by atoms with Crippen molar-refractivity contribution in [2.45, 2.75) is 38.3 Å². The highest BCUT2D eigenvalue weighted by atomic mass is 35.5. The van der Waals surface area contributed by atoms with Gasteiger partial charge < -0.3 is 15.5 Å². The van der Waals surface area contributed by atoms with Crippen LogP contribution in [0.15, 0.2) is 30.3 Å². The topological polar surface area (TPSA) is 52.5 Å².